The first-order valence-electron chi connectivity index (χ1n) is 7.98. The van der Waals surface area contributed by atoms with E-state index in [2.05, 4.69) is 20.7 Å². The minimum atomic E-state index is -3.64. The van der Waals surface area contributed by atoms with Crippen molar-refractivity contribution in [2.45, 2.75) is 24.7 Å². The molecule has 0 fully saturated rings. The number of ether oxygens (including phenoxy) is 1. The van der Waals surface area contributed by atoms with Gasteiger partial charge in [0.1, 0.15) is 5.82 Å². The Bertz CT molecular complexity index is 869. The van der Waals surface area contributed by atoms with Crippen molar-refractivity contribution in [3.8, 4) is 11.1 Å². The third kappa shape index (κ3) is 5.89. The second kappa shape index (κ2) is 9.25. The normalized spacial score (nSPS) is 11.3. The Morgan fingerprint density at radius 2 is 1.85 bits per heavy atom. The molecule has 0 aromatic heterocycles. The molecule has 8 heteroatoms. The van der Waals surface area contributed by atoms with Crippen molar-refractivity contribution in [3.63, 3.8) is 0 Å². The molecule has 0 heterocycles. The van der Waals surface area contributed by atoms with Crippen LogP contribution in [0.15, 0.2) is 51.8 Å². The van der Waals surface area contributed by atoms with Gasteiger partial charge in [-0.2, -0.15) is 0 Å². The van der Waals surface area contributed by atoms with Crippen LogP contribution < -0.4 is 4.72 Å². The van der Waals surface area contributed by atoms with Crippen LogP contribution in [-0.2, 0) is 19.6 Å². The van der Waals surface area contributed by atoms with Gasteiger partial charge < -0.3 is 4.74 Å². The molecule has 0 bridgehead atoms. The van der Waals surface area contributed by atoms with E-state index in [1.807, 2.05) is 0 Å². The number of carbonyl (C=O) groups is 1. The van der Waals surface area contributed by atoms with E-state index < -0.39 is 10.0 Å². The van der Waals surface area contributed by atoms with Gasteiger partial charge in [-0.25, -0.2) is 17.5 Å². The molecular formula is C18H19BrFNO4S. The molecule has 2 rings (SSSR count). The van der Waals surface area contributed by atoms with E-state index in [1.165, 1.54) is 25.1 Å². The lowest BCUT2D eigenvalue weighted by atomic mass is 10.1. The summed E-state index contributed by atoms with van der Waals surface area (Å²) < 4.78 is 46.4. The number of unbranched alkanes of at least 4 members (excludes halogenated alkanes) is 1. The van der Waals surface area contributed by atoms with Crippen LogP contribution in [-0.4, -0.2) is 27.5 Å². The van der Waals surface area contributed by atoms with Crippen molar-refractivity contribution >= 4 is 31.9 Å². The zero-order valence-electron chi connectivity index (χ0n) is 14.2. The summed E-state index contributed by atoms with van der Waals surface area (Å²) in [4.78, 5) is 10.7. The van der Waals surface area contributed by atoms with Crippen molar-refractivity contribution in [3.05, 3.63) is 52.8 Å². The number of carbonyl (C=O) groups excluding carboxylic acids is 1. The molecule has 0 aliphatic rings. The molecule has 0 aliphatic carbocycles. The maximum absolute atomic E-state index is 14.0. The van der Waals surface area contributed by atoms with Gasteiger partial charge in [-0.1, -0.05) is 34.1 Å². The van der Waals surface area contributed by atoms with Gasteiger partial charge in [0.25, 0.3) is 0 Å². The minimum Gasteiger partial charge on any atom is -0.466 e. The van der Waals surface area contributed by atoms with Crippen LogP contribution >= 0.6 is 15.9 Å². The molecule has 1 N–H and O–H groups in total. The fraction of sp³-hybridized carbons (Fsp3) is 0.278. The first-order valence-corrected chi connectivity index (χ1v) is 10.3. The Hall–Kier alpha value is -1.77. The Balaban J connectivity index is 1.97. The second-order valence-electron chi connectivity index (χ2n) is 5.59. The van der Waals surface area contributed by atoms with E-state index in [0.29, 0.717) is 28.4 Å². The van der Waals surface area contributed by atoms with E-state index in [0.717, 1.165) is 0 Å². The molecule has 5 nitrogen and oxygen atoms in total. The lowest BCUT2D eigenvalue weighted by molar-refractivity contribution is -0.141. The summed E-state index contributed by atoms with van der Waals surface area (Å²) in [7, 11) is -3.64. The molecule has 2 aromatic rings. The van der Waals surface area contributed by atoms with Gasteiger partial charge in [-0.05, 0) is 42.7 Å². The summed E-state index contributed by atoms with van der Waals surface area (Å²) in [6, 6.07) is 10.7. The lowest BCUT2D eigenvalue weighted by Gasteiger charge is -2.09. The summed E-state index contributed by atoms with van der Waals surface area (Å²) in [6.07, 6.45) is 1.12. The van der Waals surface area contributed by atoms with Gasteiger partial charge in [0, 0.05) is 23.5 Å². The SMILES string of the molecule is CC(=O)OCCCCNS(=O)(=O)c1ccc(-c2ccc(Br)cc2F)cc1. The topological polar surface area (TPSA) is 72.5 Å². The standard InChI is InChI=1S/C18H19BrFNO4S/c1-13(22)25-11-3-2-10-21-26(23,24)16-7-4-14(5-8-16)17-9-6-15(19)12-18(17)20/h4-9,12,21H,2-3,10-11H2,1H3. The molecule has 0 spiro atoms. The first-order chi connectivity index (χ1) is 12.3. The highest BCUT2D eigenvalue weighted by atomic mass is 79.9. The van der Waals surface area contributed by atoms with Crippen molar-refractivity contribution in [2.24, 2.45) is 0 Å². The van der Waals surface area contributed by atoms with Crippen LogP contribution in [0.1, 0.15) is 19.8 Å². The molecule has 0 saturated carbocycles. The van der Waals surface area contributed by atoms with Crippen molar-refractivity contribution < 1.29 is 22.3 Å². The third-order valence-corrected chi connectivity index (χ3v) is 5.55. The quantitative estimate of drug-likeness (QED) is 0.496. The Labute approximate surface area is 160 Å². The maximum Gasteiger partial charge on any atom is 0.302 e. The Morgan fingerprint density at radius 1 is 1.15 bits per heavy atom. The highest BCUT2D eigenvalue weighted by Crippen LogP contribution is 2.26. The molecule has 0 unspecified atom stereocenters. The predicted molar refractivity (Wildman–Crippen MR) is 101 cm³/mol. The zero-order chi connectivity index (χ0) is 19.2. The fourth-order valence-corrected chi connectivity index (χ4v) is 3.68. The molecular weight excluding hydrogens is 425 g/mol. The number of halogens is 2. The van der Waals surface area contributed by atoms with E-state index in [1.54, 1.807) is 24.3 Å². The van der Waals surface area contributed by atoms with Crippen LogP contribution in [0.4, 0.5) is 4.39 Å². The van der Waals surface area contributed by atoms with E-state index in [-0.39, 0.29) is 29.8 Å². The average molecular weight is 444 g/mol. The lowest BCUT2D eigenvalue weighted by Crippen LogP contribution is -2.25. The van der Waals surface area contributed by atoms with E-state index in [4.69, 9.17) is 4.74 Å². The second-order valence-corrected chi connectivity index (χ2v) is 8.28. The van der Waals surface area contributed by atoms with Crippen LogP contribution in [0.2, 0.25) is 0 Å². The molecule has 0 radical (unpaired) electrons. The Kier molecular flexibility index (Phi) is 7.31. The molecule has 140 valence electrons. The zero-order valence-corrected chi connectivity index (χ0v) is 16.6. The number of esters is 1. The Morgan fingerprint density at radius 3 is 2.46 bits per heavy atom. The number of benzene rings is 2. The van der Waals surface area contributed by atoms with Crippen LogP contribution in [0, 0.1) is 5.82 Å². The molecule has 0 atom stereocenters. The van der Waals surface area contributed by atoms with Crippen LogP contribution in [0.5, 0.6) is 0 Å². The summed E-state index contributed by atoms with van der Waals surface area (Å²) >= 11 is 3.20. The van der Waals surface area contributed by atoms with Gasteiger partial charge >= 0.3 is 5.97 Å². The number of nitrogens with one attached hydrogen (secondary N) is 1. The highest BCUT2D eigenvalue weighted by Gasteiger charge is 2.14. The fourth-order valence-electron chi connectivity index (χ4n) is 2.27. The van der Waals surface area contributed by atoms with Gasteiger partial charge in [0.05, 0.1) is 11.5 Å². The summed E-state index contributed by atoms with van der Waals surface area (Å²) in [6.45, 7) is 1.84. The van der Waals surface area contributed by atoms with Gasteiger partial charge in [0.15, 0.2) is 0 Å². The smallest absolute Gasteiger partial charge is 0.302 e. The number of rotatable bonds is 8. The van der Waals surface area contributed by atoms with Crippen molar-refractivity contribution in [2.75, 3.05) is 13.2 Å². The number of hydrogen-bond acceptors (Lipinski definition) is 4. The highest BCUT2D eigenvalue weighted by molar-refractivity contribution is 9.10. The largest absolute Gasteiger partial charge is 0.466 e. The van der Waals surface area contributed by atoms with Gasteiger partial charge in [-0.15, -0.1) is 0 Å². The molecule has 0 saturated heterocycles. The molecule has 26 heavy (non-hydrogen) atoms. The van der Waals surface area contributed by atoms with Crippen molar-refractivity contribution in [1.82, 2.24) is 4.72 Å². The number of hydrogen-bond donors (Lipinski definition) is 1. The van der Waals surface area contributed by atoms with Crippen LogP contribution in [0.3, 0.4) is 0 Å². The van der Waals surface area contributed by atoms with E-state index in [9.17, 15) is 17.6 Å². The summed E-state index contributed by atoms with van der Waals surface area (Å²) in [5, 5.41) is 0. The molecule has 0 amide bonds. The number of sulfonamides is 1. The monoisotopic (exact) mass is 443 g/mol. The maximum atomic E-state index is 14.0. The van der Waals surface area contributed by atoms with Crippen LogP contribution in [0.25, 0.3) is 11.1 Å². The third-order valence-electron chi connectivity index (χ3n) is 3.58. The van der Waals surface area contributed by atoms with Gasteiger partial charge in [-0.3, -0.25) is 4.79 Å². The summed E-state index contributed by atoms with van der Waals surface area (Å²) in [5.41, 5.74) is 0.992. The molecule has 2 aromatic carbocycles. The molecule has 0 aliphatic heterocycles. The minimum absolute atomic E-state index is 0.110. The summed E-state index contributed by atoms with van der Waals surface area (Å²) in [5.74, 6) is -0.742. The predicted octanol–water partition coefficient (Wildman–Crippen LogP) is 3.88. The average Bonchev–Trinajstić information content (AvgIpc) is 2.58. The van der Waals surface area contributed by atoms with Gasteiger partial charge in [0.2, 0.25) is 10.0 Å². The van der Waals surface area contributed by atoms with E-state index >= 15 is 0 Å². The van der Waals surface area contributed by atoms with Crippen molar-refractivity contribution in [1.29, 1.82) is 0 Å². The first kappa shape index (κ1) is 20.5.